The third kappa shape index (κ3) is 1.64. The number of aryl methyl sites for hydroxylation is 2. The molecule has 0 radical (unpaired) electrons. The molecule has 0 saturated heterocycles. The Bertz CT molecular complexity index is 778. The van der Waals surface area contributed by atoms with E-state index < -0.39 is 0 Å². The van der Waals surface area contributed by atoms with Gasteiger partial charge in [-0.25, -0.2) is 4.79 Å². The normalized spacial score (nSPS) is 11.0. The van der Waals surface area contributed by atoms with E-state index in [2.05, 4.69) is 0 Å². The van der Waals surface area contributed by atoms with Crippen LogP contribution in [-0.2, 0) is 0 Å². The van der Waals surface area contributed by atoms with Crippen LogP contribution >= 0.6 is 0 Å². The second-order valence-corrected chi connectivity index (χ2v) is 4.43. The molecular weight excluding hydrogens is 228 g/mol. The molecule has 0 aliphatic rings. The largest absolute Gasteiger partial charge is 0.464 e. The Kier molecular flexibility index (Phi) is 2.33. The van der Waals surface area contributed by atoms with Crippen molar-refractivity contribution in [2.24, 2.45) is 0 Å². The van der Waals surface area contributed by atoms with Gasteiger partial charge in [0.1, 0.15) is 16.7 Å². The first-order chi connectivity index (χ1) is 8.65. The highest BCUT2D eigenvalue weighted by Gasteiger charge is 2.11. The van der Waals surface area contributed by atoms with Gasteiger partial charge in [0.2, 0.25) is 0 Å². The number of fused-ring (bicyclic) bond motifs is 1. The van der Waals surface area contributed by atoms with E-state index in [1.807, 2.05) is 38.1 Å². The summed E-state index contributed by atoms with van der Waals surface area (Å²) in [5.41, 5.74) is 3.01. The summed E-state index contributed by atoms with van der Waals surface area (Å²) in [4.78, 5) is 11.9. The number of hydrogen-bond acceptors (Lipinski definition) is 3. The van der Waals surface area contributed by atoms with E-state index in [1.165, 1.54) is 0 Å². The topological polar surface area (TPSA) is 43.4 Å². The molecule has 3 rings (SSSR count). The van der Waals surface area contributed by atoms with Gasteiger partial charge in [-0.2, -0.15) is 0 Å². The number of rotatable bonds is 1. The summed E-state index contributed by atoms with van der Waals surface area (Å²) >= 11 is 0. The van der Waals surface area contributed by atoms with Crippen molar-refractivity contribution in [1.82, 2.24) is 0 Å². The minimum absolute atomic E-state index is 0.352. The van der Waals surface area contributed by atoms with Crippen molar-refractivity contribution in [3.63, 3.8) is 0 Å². The van der Waals surface area contributed by atoms with Crippen LogP contribution < -0.4 is 5.63 Å². The van der Waals surface area contributed by atoms with Gasteiger partial charge in [-0.1, -0.05) is 23.8 Å². The van der Waals surface area contributed by atoms with E-state index in [-0.39, 0.29) is 5.63 Å². The summed E-state index contributed by atoms with van der Waals surface area (Å²) < 4.78 is 10.7. The zero-order valence-electron chi connectivity index (χ0n) is 10.2. The van der Waals surface area contributed by atoms with Gasteiger partial charge in [0.25, 0.3) is 0 Å². The molecule has 0 N–H and O–H groups in total. The smallest absolute Gasteiger partial charge is 0.347 e. The van der Waals surface area contributed by atoms with Crippen molar-refractivity contribution in [3.05, 3.63) is 58.1 Å². The molecule has 0 amide bonds. The predicted molar refractivity (Wildman–Crippen MR) is 69.7 cm³/mol. The molecule has 0 saturated carbocycles. The maximum Gasteiger partial charge on any atom is 0.347 e. The summed E-state index contributed by atoms with van der Waals surface area (Å²) in [6.07, 6.45) is 1.57. The van der Waals surface area contributed by atoms with Gasteiger partial charge in [-0.3, -0.25) is 0 Å². The zero-order chi connectivity index (χ0) is 12.7. The fraction of sp³-hybridized carbons (Fsp3) is 0.133. The molecule has 0 atom stereocenters. The molecule has 3 heteroatoms. The summed E-state index contributed by atoms with van der Waals surface area (Å²) in [5.74, 6) is 0.533. The minimum Gasteiger partial charge on any atom is -0.464 e. The highest BCUT2D eigenvalue weighted by molar-refractivity contribution is 5.82. The molecular formula is C15H12O3. The maximum atomic E-state index is 11.9. The first-order valence-electron chi connectivity index (χ1n) is 5.74. The van der Waals surface area contributed by atoms with Crippen LogP contribution in [0.25, 0.3) is 22.3 Å². The molecule has 3 nitrogen and oxygen atoms in total. The van der Waals surface area contributed by atoms with E-state index >= 15 is 0 Å². The molecule has 3 aromatic rings. The molecule has 2 aromatic heterocycles. The summed E-state index contributed by atoms with van der Waals surface area (Å²) in [6.45, 7) is 3.83. The Labute approximate surface area is 104 Å². The van der Waals surface area contributed by atoms with Gasteiger partial charge < -0.3 is 8.83 Å². The van der Waals surface area contributed by atoms with E-state index in [4.69, 9.17) is 8.83 Å². The summed E-state index contributed by atoms with van der Waals surface area (Å²) in [5, 5.41) is 0.520. The molecule has 0 spiro atoms. The Balaban J connectivity index is 2.28. The fourth-order valence-corrected chi connectivity index (χ4v) is 2.07. The number of benzene rings is 1. The van der Waals surface area contributed by atoms with E-state index in [1.54, 1.807) is 12.3 Å². The second-order valence-electron chi connectivity index (χ2n) is 4.43. The average molecular weight is 240 g/mol. The molecule has 0 unspecified atom stereocenters. The molecule has 0 aliphatic heterocycles. The third-order valence-corrected chi connectivity index (χ3v) is 2.97. The Morgan fingerprint density at radius 1 is 1.11 bits per heavy atom. The first kappa shape index (κ1) is 10.8. The summed E-state index contributed by atoms with van der Waals surface area (Å²) in [6, 6.07) is 9.57. The van der Waals surface area contributed by atoms with E-state index in [9.17, 15) is 4.79 Å². The van der Waals surface area contributed by atoms with Gasteiger partial charge >= 0.3 is 5.63 Å². The standard InChI is InChI=1S/C15H12O3/c1-9-4-3-5-11(6-9)12-7-13-14(15(16)18-12)10(2)8-17-13/h3-8H,1-2H3. The van der Waals surface area contributed by atoms with E-state index in [0.29, 0.717) is 16.7 Å². The Morgan fingerprint density at radius 2 is 1.94 bits per heavy atom. The molecule has 18 heavy (non-hydrogen) atoms. The fourth-order valence-electron chi connectivity index (χ4n) is 2.07. The molecule has 90 valence electrons. The van der Waals surface area contributed by atoms with Gasteiger partial charge in [-0.15, -0.1) is 0 Å². The Hall–Kier alpha value is -2.29. The second kappa shape index (κ2) is 3.88. The van der Waals surface area contributed by atoms with Gasteiger partial charge in [0.05, 0.1) is 6.26 Å². The van der Waals surface area contributed by atoms with Crippen LogP contribution in [0.15, 0.2) is 50.2 Å². The number of hydrogen-bond donors (Lipinski definition) is 0. The molecule has 0 aliphatic carbocycles. The van der Waals surface area contributed by atoms with Crippen molar-refractivity contribution in [2.75, 3.05) is 0 Å². The van der Waals surface area contributed by atoms with Crippen LogP contribution in [0, 0.1) is 13.8 Å². The van der Waals surface area contributed by atoms with Crippen LogP contribution in [0.4, 0.5) is 0 Å². The highest BCUT2D eigenvalue weighted by Crippen LogP contribution is 2.24. The lowest BCUT2D eigenvalue weighted by Gasteiger charge is -2.01. The molecule has 1 aromatic carbocycles. The van der Waals surface area contributed by atoms with Crippen LogP contribution in [0.3, 0.4) is 0 Å². The van der Waals surface area contributed by atoms with Crippen molar-refractivity contribution in [3.8, 4) is 11.3 Å². The van der Waals surface area contributed by atoms with Crippen LogP contribution in [0.2, 0.25) is 0 Å². The van der Waals surface area contributed by atoms with Crippen molar-refractivity contribution in [1.29, 1.82) is 0 Å². The monoisotopic (exact) mass is 240 g/mol. The predicted octanol–water partition coefficient (Wildman–Crippen LogP) is 3.67. The molecule has 0 fully saturated rings. The molecule has 2 heterocycles. The van der Waals surface area contributed by atoms with E-state index in [0.717, 1.165) is 16.7 Å². The Morgan fingerprint density at radius 3 is 2.72 bits per heavy atom. The minimum atomic E-state index is -0.352. The quantitative estimate of drug-likeness (QED) is 0.651. The summed E-state index contributed by atoms with van der Waals surface area (Å²) in [7, 11) is 0. The van der Waals surface area contributed by atoms with Crippen molar-refractivity contribution < 1.29 is 8.83 Å². The maximum absolute atomic E-state index is 11.9. The lowest BCUT2D eigenvalue weighted by atomic mass is 10.1. The first-order valence-corrected chi connectivity index (χ1v) is 5.74. The van der Waals surface area contributed by atoms with Crippen LogP contribution in [0.5, 0.6) is 0 Å². The van der Waals surface area contributed by atoms with Crippen LogP contribution in [-0.4, -0.2) is 0 Å². The van der Waals surface area contributed by atoms with Crippen molar-refractivity contribution in [2.45, 2.75) is 13.8 Å². The SMILES string of the molecule is Cc1cccc(-c2cc3occ(C)c3c(=O)o2)c1. The van der Waals surface area contributed by atoms with Crippen LogP contribution in [0.1, 0.15) is 11.1 Å². The lowest BCUT2D eigenvalue weighted by Crippen LogP contribution is -1.99. The zero-order valence-corrected chi connectivity index (χ0v) is 10.2. The molecule has 0 bridgehead atoms. The average Bonchev–Trinajstić information content (AvgIpc) is 2.71. The lowest BCUT2D eigenvalue weighted by molar-refractivity contribution is 0.530. The van der Waals surface area contributed by atoms with Gasteiger partial charge in [-0.05, 0) is 19.9 Å². The third-order valence-electron chi connectivity index (χ3n) is 2.97. The highest BCUT2D eigenvalue weighted by atomic mass is 16.4. The van der Waals surface area contributed by atoms with Crippen molar-refractivity contribution >= 4 is 11.0 Å². The van der Waals surface area contributed by atoms with Gasteiger partial charge in [0.15, 0.2) is 0 Å². The number of furan rings is 1. The van der Waals surface area contributed by atoms with Gasteiger partial charge in [0, 0.05) is 17.2 Å².